The normalized spacial score (nSPS) is 16.3. The topological polar surface area (TPSA) is 41.1 Å². The van der Waals surface area contributed by atoms with E-state index in [4.69, 9.17) is 0 Å². The van der Waals surface area contributed by atoms with E-state index in [1.165, 1.54) is 24.0 Å². The summed E-state index contributed by atoms with van der Waals surface area (Å²) in [5.74, 6) is 0.742. The van der Waals surface area contributed by atoms with Gasteiger partial charge in [-0.05, 0) is 68.5 Å². The number of benzene rings is 1. The molecule has 3 heteroatoms. The third-order valence-corrected chi connectivity index (χ3v) is 3.82. The fraction of sp³-hybridized carbons (Fsp3) is 0.562. The highest BCUT2D eigenvalue weighted by Crippen LogP contribution is 2.30. The van der Waals surface area contributed by atoms with Crippen molar-refractivity contribution in [2.75, 3.05) is 18.4 Å². The molecule has 1 amide bonds. The first-order chi connectivity index (χ1) is 9.20. The molecule has 104 valence electrons. The zero-order valence-electron chi connectivity index (χ0n) is 12.0. The first kappa shape index (κ1) is 14.1. The Hall–Kier alpha value is -1.35. The van der Waals surface area contributed by atoms with Crippen LogP contribution in [0.3, 0.4) is 0 Å². The third-order valence-electron chi connectivity index (χ3n) is 3.82. The minimum atomic E-state index is 0.114. The van der Waals surface area contributed by atoms with Gasteiger partial charge in [0.05, 0.1) is 0 Å². The Morgan fingerprint density at radius 1 is 1.37 bits per heavy atom. The van der Waals surface area contributed by atoms with Crippen LogP contribution in [0.1, 0.15) is 49.7 Å². The van der Waals surface area contributed by atoms with Gasteiger partial charge in [0.15, 0.2) is 0 Å². The van der Waals surface area contributed by atoms with Crippen LogP contribution < -0.4 is 10.6 Å². The number of piperidine rings is 1. The van der Waals surface area contributed by atoms with E-state index in [1.54, 1.807) is 0 Å². The van der Waals surface area contributed by atoms with Crippen molar-refractivity contribution in [2.24, 2.45) is 0 Å². The van der Waals surface area contributed by atoms with Crippen LogP contribution in [0.25, 0.3) is 0 Å². The number of rotatable bonds is 4. The van der Waals surface area contributed by atoms with E-state index >= 15 is 0 Å². The molecule has 0 radical (unpaired) electrons. The second-order valence-electron chi connectivity index (χ2n) is 5.39. The SMILES string of the molecule is CCCC(=O)Nc1ccc(C)c(C2CCNCC2)c1. The highest BCUT2D eigenvalue weighted by atomic mass is 16.1. The lowest BCUT2D eigenvalue weighted by Gasteiger charge is -2.25. The molecular formula is C16H24N2O. The van der Waals surface area contributed by atoms with Gasteiger partial charge >= 0.3 is 0 Å². The van der Waals surface area contributed by atoms with Crippen LogP contribution >= 0.6 is 0 Å². The molecule has 0 aliphatic carbocycles. The maximum Gasteiger partial charge on any atom is 0.224 e. The molecule has 2 rings (SSSR count). The maximum atomic E-state index is 11.7. The largest absolute Gasteiger partial charge is 0.326 e. The Labute approximate surface area is 115 Å². The Morgan fingerprint density at radius 3 is 2.79 bits per heavy atom. The van der Waals surface area contributed by atoms with Gasteiger partial charge in [-0.1, -0.05) is 13.0 Å². The minimum absolute atomic E-state index is 0.114. The smallest absolute Gasteiger partial charge is 0.224 e. The van der Waals surface area contributed by atoms with Gasteiger partial charge < -0.3 is 10.6 Å². The summed E-state index contributed by atoms with van der Waals surface area (Å²) in [6.45, 7) is 6.37. The Kier molecular flexibility index (Phi) is 4.97. The van der Waals surface area contributed by atoms with Crippen molar-refractivity contribution in [3.8, 4) is 0 Å². The first-order valence-electron chi connectivity index (χ1n) is 7.32. The summed E-state index contributed by atoms with van der Waals surface area (Å²) >= 11 is 0. The molecule has 0 spiro atoms. The van der Waals surface area contributed by atoms with Crippen LogP contribution in [0.4, 0.5) is 5.69 Å². The molecule has 0 atom stereocenters. The molecule has 1 heterocycles. The van der Waals surface area contributed by atoms with Crippen molar-refractivity contribution >= 4 is 11.6 Å². The second-order valence-corrected chi connectivity index (χ2v) is 5.39. The van der Waals surface area contributed by atoms with Crippen LogP contribution in [-0.4, -0.2) is 19.0 Å². The molecule has 0 saturated carbocycles. The number of amides is 1. The summed E-state index contributed by atoms with van der Waals surface area (Å²) in [7, 11) is 0. The van der Waals surface area contributed by atoms with E-state index in [9.17, 15) is 4.79 Å². The van der Waals surface area contributed by atoms with Gasteiger partial charge in [-0.3, -0.25) is 4.79 Å². The molecule has 1 aromatic carbocycles. The van der Waals surface area contributed by atoms with Crippen molar-refractivity contribution in [1.82, 2.24) is 5.32 Å². The van der Waals surface area contributed by atoms with Crippen molar-refractivity contribution in [2.45, 2.75) is 45.4 Å². The van der Waals surface area contributed by atoms with E-state index < -0.39 is 0 Å². The van der Waals surface area contributed by atoms with E-state index in [0.29, 0.717) is 12.3 Å². The van der Waals surface area contributed by atoms with Gasteiger partial charge in [0, 0.05) is 12.1 Å². The molecule has 1 aliphatic rings. The molecule has 3 nitrogen and oxygen atoms in total. The fourth-order valence-electron chi connectivity index (χ4n) is 2.74. The number of hydrogen-bond acceptors (Lipinski definition) is 2. The van der Waals surface area contributed by atoms with Gasteiger partial charge in [0.25, 0.3) is 0 Å². The lowest BCUT2D eigenvalue weighted by atomic mass is 9.87. The molecule has 1 fully saturated rings. The standard InChI is InChI=1S/C16H24N2O/c1-3-4-16(19)18-14-6-5-12(2)15(11-14)13-7-9-17-10-8-13/h5-6,11,13,17H,3-4,7-10H2,1-2H3,(H,18,19). The molecule has 0 aromatic heterocycles. The van der Waals surface area contributed by atoms with Crippen molar-refractivity contribution < 1.29 is 4.79 Å². The average molecular weight is 260 g/mol. The third kappa shape index (κ3) is 3.80. The predicted octanol–water partition coefficient (Wildman–Crippen LogP) is 3.20. The summed E-state index contributed by atoms with van der Waals surface area (Å²) in [6, 6.07) is 6.30. The predicted molar refractivity (Wildman–Crippen MR) is 79.6 cm³/mol. The number of nitrogens with one attached hydrogen (secondary N) is 2. The van der Waals surface area contributed by atoms with E-state index in [-0.39, 0.29) is 5.91 Å². The van der Waals surface area contributed by atoms with Gasteiger partial charge in [0.1, 0.15) is 0 Å². The van der Waals surface area contributed by atoms with Gasteiger partial charge in [-0.15, -0.1) is 0 Å². The maximum absolute atomic E-state index is 11.7. The van der Waals surface area contributed by atoms with E-state index in [2.05, 4.69) is 29.7 Å². The summed E-state index contributed by atoms with van der Waals surface area (Å²) in [5, 5.41) is 6.39. The van der Waals surface area contributed by atoms with Gasteiger partial charge in [0.2, 0.25) is 5.91 Å². The molecule has 0 unspecified atom stereocenters. The quantitative estimate of drug-likeness (QED) is 0.873. The number of hydrogen-bond donors (Lipinski definition) is 2. The summed E-state index contributed by atoms with van der Waals surface area (Å²) in [5.41, 5.74) is 3.67. The highest BCUT2D eigenvalue weighted by Gasteiger charge is 2.17. The summed E-state index contributed by atoms with van der Waals surface area (Å²) in [6.07, 6.45) is 3.86. The van der Waals surface area contributed by atoms with Gasteiger partial charge in [-0.2, -0.15) is 0 Å². The second kappa shape index (κ2) is 6.71. The van der Waals surface area contributed by atoms with Gasteiger partial charge in [-0.25, -0.2) is 0 Å². The molecule has 2 N–H and O–H groups in total. The van der Waals surface area contributed by atoms with E-state index in [0.717, 1.165) is 25.2 Å². The monoisotopic (exact) mass is 260 g/mol. The van der Waals surface area contributed by atoms with Crippen LogP contribution in [0.2, 0.25) is 0 Å². The Balaban J connectivity index is 2.12. The molecular weight excluding hydrogens is 236 g/mol. The van der Waals surface area contributed by atoms with Crippen molar-refractivity contribution in [3.63, 3.8) is 0 Å². The number of carbonyl (C=O) groups excluding carboxylic acids is 1. The summed E-state index contributed by atoms with van der Waals surface area (Å²) < 4.78 is 0. The number of anilines is 1. The average Bonchev–Trinajstić information content (AvgIpc) is 2.42. The zero-order valence-corrected chi connectivity index (χ0v) is 12.0. The Bertz CT molecular complexity index is 436. The number of carbonyl (C=O) groups is 1. The van der Waals surface area contributed by atoms with Crippen molar-refractivity contribution in [1.29, 1.82) is 0 Å². The fourth-order valence-corrected chi connectivity index (χ4v) is 2.74. The molecule has 19 heavy (non-hydrogen) atoms. The van der Waals surface area contributed by atoms with Crippen LogP contribution in [0.15, 0.2) is 18.2 Å². The Morgan fingerprint density at radius 2 is 2.11 bits per heavy atom. The van der Waals surface area contributed by atoms with Crippen LogP contribution in [0, 0.1) is 6.92 Å². The minimum Gasteiger partial charge on any atom is -0.326 e. The van der Waals surface area contributed by atoms with Crippen LogP contribution in [0.5, 0.6) is 0 Å². The molecule has 1 aromatic rings. The molecule has 1 aliphatic heterocycles. The first-order valence-corrected chi connectivity index (χ1v) is 7.32. The van der Waals surface area contributed by atoms with E-state index in [1.807, 2.05) is 13.0 Å². The van der Waals surface area contributed by atoms with Crippen LogP contribution in [-0.2, 0) is 4.79 Å². The lowest BCUT2D eigenvalue weighted by Crippen LogP contribution is -2.27. The van der Waals surface area contributed by atoms with Crippen molar-refractivity contribution in [3.05, 3.63) is 29.3 Å². The molecule has 0 bridgehead atoms. The zero-order chi connectivity index (χ0) is 13.7. The lowest BCUT2D eigenvalue weighted by molar-refractivity contribution is -0.116. The number of aryl methyl sites for hydroxylation is 1. The molecule has 1 saturated heterocycles. The summed E-state index contributed by atoms with van der Waals surface area (Å²) in [4.78, 5) is 11.7. The highest BCUT2D eigenvalue weighted by molar-refractivity contribution is 5.90.